The molecule has 17 heavy (non-hydrogen) atoms. The Bertz CT molecular complexity index is 330. The highest BCUT2D eigenvalue weighted by Crippen LogP contribution is 2.42. The van der Waals surface area contributed by atoms with Crippen molar-refractivity contribution < 1.29 is 0 Å². The van der Waals surface area contributed by atoms with Gasteiger partial charge in [-0.05, 0) is 48.3 Å². The minimum absolute atomic E-state index is 0.492. The van der Waals surface area contributed by atoms with Gasteiger partial charge >= 0.3 is 0 Å². The van der Waals surface area contributed by atoms with Crippen LogP contribution in [-0.2, 0) is 6.54 Å². The monoisotopic (exact) mass is 250 g/mol. The molecule has 1 saturated carbocycles. The largest absolute Gasteiger partial charge is 0.299 e. The molecule has 0 spiro atoms. The van der Waals surface area contributed by atoms with Crippen molar-refractivity contribution >= 4 is 12.6 Å². The first-order valence-corrected chi connectivity index (χ1v) is 7.13. The molecule has 0 saturated heterocycles. The van der Waals surface area contributed by atoms with E-state index in [9.17, 15) is 0 Å². The lowest BCUT2D eigenvalue weighted by atomic mass is 9.70. The first kappa shape index (κ1) is 12.9. The molecule has 1 fully saturated rings. The average Bonchev–Trinajstić information content (AvgIpc) is 2.33. The second-order valence-corrected chi connectivity index (χ2v) is 5.49. The van der Waals surface area contributed by atoms with Gasteiger partial charge in [0.2, 0.25) is 0 Å². The lowest BCUT2D eigenvalue weighted by Gasteiger charge is -2.44. The molecule has 1 aliphatic rings. The molecule has 0 radical (unpaired) electrons. The van der Waals surface area contributed by atoms with E-state index in [-0.39, 0.29) is 0 Å². The van der Waals surface area contributed by atoms with Crippen LogP contribution in [0, 0.1) is 5.41 Å². The van der Waals surface area contributed by atoms with Gasteiger partial charge in [-0.25, -0.2) is 0 Å². The zero-order valence-electron chi connectivity index (χ0n) is 10.6. The van der Waals surface area contributed by atoms with Crippen LogP contribution in [-0.4, -0.2) is 28.7 Å². The Hall–Kier alpha value is -0.540. The van der Waals surface area contributed by atoms with Crippen molar-refractivity contribution in [1.29, 1.82) is 0 Å². The molecular weight excluding hydrogens is 228 g/mol. The summed E-state index contributed by atoms with van der Waals surface area (Å²) in [7, 11) is 0. The van der Waals surface area contributed by atoms with Gasteiger partial charge in [0, 0.05) is 25.5 Å². The van der Waals surface area contributed by atoms with Gasteiger partial charge in [0.1, 0.15) is 0 Å². The minimum atomic E-state index is 0.492. The van der Waals surface area contributed by atoms with Crippen LogP contribution >= 0.6 is 12.6 Å². The molecule has 0 aliphatic heterocycles. The van der Waals surface area contributed by atoms with Crippen molar-refractivity contribution in [3.63, 3.8) is 0 Å². The number of hydrogen-bond donors (Lipinski definition) is 1. The van der Waals surface area contributed by atoms with Crippen LogP contribution in [0.3, 0.4) is 0 Å². The second-order valence-electron chi connectivity index (χ2n) is 5.17. The summed E-state index contributed by atoms with van der Waals surface area (Å²) in [6.45, 7) is 5.58. The fraction of sp³-hybridized carbons (Fsp3) is 0.643. The maximum atomic E-state index is 4.54. The Morgan fingerprint density at radius 3 is 2.53 bits per heavy atom. The van der Waals surface area contributed by atoms with E-state index < -0.39 is 0 Å². The van der Waals surface area contributed by atoms with Crippen LogP contribution in [0.1, 0.15) is 31.7 Å². The maximum Gasteiger partial charge on any atom is 0.0271 e. The van der Waals surface area contributed by atoms with Crippen LogP contribution < -0.4 is 0 Å². The van der Waals surface area contributed by atoms with Crippen LogP contribution in [0.5, 0.6) is 0 Å². The molecule has 0 unspecified atom stereocenters. The first-order chi connectivity index (χ1) is 8.28. The van der Waals surface area contributed by atoms with E-state index in [1.54, 1.807) is 0 Å². The van der Waals surface area contributed by atoms with Gasteiger partial charge in [0.25, 0.3) is 0 Å². The van der Waals surface area contributed by atoms with Crippen molar-refractivity contribution in [2.75, 3.05) is 18.8 Å². The number of nitrogens with zero attached hydrogens (tertiary/aromatic N) is 2. The van der Waals surface area contributed by atoms with E-state index in [1.165, 1.54) is 31.4 Å². The highest BCUT2D eigenvalue weighted by atomic mass is 32.1. The van der Waals surface area contributed by atoms with Crippen LogP contribution in [0.2, 0.25) is 0 Å². The molecule has 2 nitrogen and oxygen atoms in total. The maximum absolute atomic E-state index is 4.54. The summed E-state index contributed by atoms with van der Waals surface area (Å²) in [4.78, 5) is 6.60. The van der Waals surface area contributed by atoms with Crippen molar-refractivity contribution in [2.45, 2.75) is 32.7 Å². The third-order valence-electron chi connectivity index (χ3n) is 3.91. The standard InChI is InChI=1S/C14H22N2S/c1-2-16(10-13-4-8-15-9-5-13)11-14(12-17)6-3-7-14/h4-5,8-9,17H,2-3,6-7,10-12H2,1H3. The third-order valence-corrected chi connectivity index (χ3v) is 4.58. The van der Waals surface area contributed by atoms with Crippen molar-refractivity contribution in [1.82, 2.24) is 9.88 Å². The highest BCUT2D eigenvalue weighted by molar-refractivity contribution is 7.80. The van der Waals surface area contributed by atoms with Gasteiger partial charge in [0.15, 0.2) is 0 Å². The predicted molar refractivity (Wildman–Crippen MR) is 75.3 cm³/mol. The van der Waals surface area contributed by atoms with Crippen LogP contribution in [0.25, 0.3) is 0 Å². The Labute approximate surface area is 110 Å². The molecular formula is C14H22N2S. The Balaban J connectivity index is 1.93. The zero-order valence-corrected chi connectivity index (χ0v) is 11.5. The Morgan fingerprint density at radius 2 is 2.06 bits per heavy atom. The summed E-state index contributed by atoms with van der Waals surface area (Å²) >= 11 is 4.54. The number of rotatable bonds is 6. The van der Waals surface area contributed by atoms with Gasteiger partial charge in [0.05, 0.1) is 0 Å². The summed E-state index contributed by atoms with van der Waals surface area (Å²) in [6.07, 6.45) is 7.84. The molecule has 0 amide bonds. The summed E-state index contributed by atoms with van der Waals surface area (Å²) < 4.78 is 0. The summed E-state index contributed by atoms with van der Waals surface area (Å²) in [6, 6.07) is 4.22. The number of pyridine rings is 1. The number of thiol groups is 1. The minimum Gasteiger partial charge on any atom is -0.299 e. The average molecular weight is 250 g/mol. The van der Waals surface area contributed by atoms with Crippen LogP contribution in [0.4, 0.5) is 0 Å². The molecule has 0 N–H and O–H groups in total. The van der Waals surface area contributed by atoms with Crippen molar-refractivity contribution in [2.24, 2.45) is 5.41 Å². The van der Waals surface area contributed by atoms with Crippen LogP contribution in [0.15, 0.2) is 24.5 Å². The number of hydrogen-bond acceptors (Lipinski definition) is 3. The molecule has 2 rings (SSSR count). The van der Waals surface area contributed by atoms with Gasteiger partial charge < -0.3 is 0 Å². The molecule has 1 aromatic heterocycles. The Kier molecular flexibility index (Phi) is 4.46. The lowest BCUT2D eigenvalue weighted by molar-refractivity contribution is 0.0892. The summed E-state index contributed by atoms with van der Waals surface area (Å²) in [5.41, 5.74) is 1.85. The second kappa shape index (κ2) is 5.87. The van der Waals surface area contributed by atoms with Gasteiger partial charge in [-0.2, -0.15) is 12.6 Å². The third kappa shape index (κ3) is 3.23. The van der Waals surface area contributed by atoms with E-state index in [2.05, 4.69) is 41.6 Å². The molecule has 1 aromatic rings. The normalized spacial score (nSPS) is 18.1. The highest BCUT2D eigenvalue weighted by Gasteiger charge is 2.36. The van der Waals surface area contributed by atoms with E-state index in [0.29, 0.717) is 5.41 Å². The zero-order chi connectivity index (χ0) is 12.1. The van der Waals surface area contributed by atoms with Gasteiger partial charge in [-0.15, -0.1) is 0 Å². The molecule has 1 heterocycles. The van der Waals surface area contributed by atoms with Crippen molar-refractivity contribution in [3.8, 4) is 0 Å². The SMILES string of the molecule is CCN(Cc1ccncc1)CC1(CS)CCC1. The lowest BCUT2D eigenvalue weighted by Crippen LogP contribution is -2.43. The smallest absolute Gasteiger partial charge is 0.0271 e. The molecule has 0 aromatic carbocycles. The summed E-state index contributed by atoms with van der Waals surface area (Å²) in [5, 5.41) is 0. The van der Waals surface area contributed by atoms with Crippen molar-refractivity contribution in [3.05, 3.63) is 30.1 Å². The molecule has 3 heteroatoms. The quantitative estimate of drug-likeness (QED) is 0.781. The van der Waals surface area contributed by atoms with Gasteiger partial charge in [-0.1, -0.05) is 13.3 Å². The molecule has 94 valence electrons. The molecule has 0 bridgehead atoms. The van der Waals surface area contributed by atoms with E-state index in [1.807, 2.05) is 12.4 Å². The molecule has 1 aliphatic carbocycles. The fourth-order valence-corrected chi connectivity index (χ4v) is 2.96. The Morgan fingerprint density at radius 1 is 1.35 bits per heavy atom. The molecule has 0 atom stereocenters. The van der Waals surface area contributed by atoms with E-state index >= 15 is 0 Å². The summed E-state index contributed by atoms with van der Waals surface area (Å²) in [5.74, 6) is 1.03. The van der Waals surface area contributed by atoms with E-state index in [0.717, 1.165) is 18.8 Å². The van der Waals surface area contributed by atoms with Gasteiger partial charge in [-0.3, -0.25) is 9.88 Å². The van der Waals surface area contributed by atoms with E-state index in [4.69, 9.17) is 0 Å². The first-order valence-electron chi connectivity index (χ1n) is 6.50. The predicted octanol–water partition coefficient (Wildman–Crippen LogP) is 3.00. The topological polar surface area (TPSA) is 16.1 Å². The number of aromatic nitrogens is 1. The fourth-order valence-electron chi connectivity index (χ4n) is 2.54.